The van der Waals surface area contributed by atoms with Crippen molar-refractivity contribution in [2.75, 3.05) is 5.32 Å². The summed E-state index contributed by atoms with van der Waals surface area (Å²) >= 11 is 0. The predicted molar refractivity (Wildman–Crippen MR) is 104 cm³/mol. The maximum atomic E-state index is 14.1. The molecule has 0 bridgehead atoms. The van der Waals surface area contributed by atoms with Gasteiger partial charge in [-0.2, -0.15) is 0 Å². The average Bonchev–Trinajstić information content (AvgIpc) is 3.23. The second-order valence-corrected chi connectivity index (χ2v) is 7.26. The van der Waals surface area contributed by atoms with Crippen molar-refractivity contribution in [3.63, 3.8) is 0 Å². The van der Waals surface area contributed by atoms with Crippen LogP contribution in [0.5, 0.6) is 0 Å². The van der Waals surface area contributed by atoms with Gasteiger partial charge in [-0.05, 0) is 49.7 Å². The first kappa shape index (κ1) is 19.0. The summed E-state index contributed by atoms with van der Waals surface area (Å²) in [7, 11) is 0. The number of amides is 1. The van der Waals surface area contributed by atoms with Crippen molar-refractivity contribution < 1.29 is 23.2 Å². The van der Waals surface area contributed by atoms with Crippen molar-refractivity contribution in [2.24, 2.45) is 5.92 Å². The fourth-order valence-corrected chi connectivity index (χ4v) is 3.80. The van der Waals surface area contributed by atoms with Crippen molar-refractivity contribution in [3.8, 4) is 0 Å². The molecule has 1 fully saturated rings. The summed E-state index contributed by atoms with van der Waals surface area (Å²) in [5.74, 6) is -3.09. The highest BCUT2D eigenvalue weighted by Gasteiger charge is 2.28. The summed E-state index contributed by atoms with van der Waals surface area (Å²) in [6.07, 6.45) is 1.23. The third kappa shape index (κ3) is 3.44. The first-order valence-corrected chi connectivity index (χ1v) is 9.28. The molecule has 1 aliphatic carbocycles. The number of nitrogens with one attached hydrogen (secondary N) is 1. The lowest BCUT2D eigenvalue weighted by Gasteiger charge is -2.11. The number of nitrogens with zero attached hydrogens (tertiary/aromatic N) is 1. The molecule has 0 aliphatic heterocycles. The highest BCUT2D eigenvalue weighted by atomic mass is 19.1. The zero-order valence-corrected chi connectivity index (χ0v) is 15.7. The number of Topliss-reactive ketones (excluding diaryl/α,β-unsaturated/α-hetero) is 1. The topological polar surface area (TPSA) is 68.2 Å². The molecule has 2 aromatic carbocycles. The van der Waals surface area contributed by atoms with E-state index >= 15 is 0 Å². The summed E-state index contributed by atoms with van der Waals surface area (Å²) in [6.45, 7) is 1.67. The predicted octanol–water partition coefficient (Wildman–Crippen LogP) is 4.22. The first-order valence-electron chi connectivity index (χ1n) is 9.28. The van der Waals surface area contributed by atoms with Crippen LogP contribution in [0.1, 0.15) is 35.3 Å². The van der Waals surface area contributed by atoms with Gasteiger partial charge in [0, 0.05) is 35.5 Å². The Kier molecular flexibility index (Phi) is 4.74. The van der Waals surface area contributed by atoms with Crippen LogP contribution in [0.3, 0.4) is 0 Å². The standard InChI is InChI=1S/C22H18F2N2O3/c1-12-9-14-10-15(25-21(28)13-5-7-16(27)11-13)6-8-19(14)26(12)22(29)20-17(23)3-2-4-18(20)24/h2-4,6,8-10,13H,5,7,11H2,1H3,(H,25,28). The van der Waals surface area contributed by atoms with E-state index in [0.29, 0.717) is 35.1 Å². The van der Waals surface area contributed by atoms with E-state index < -0.39 is 23.1 Å². The Hall–Kier alpha value is -3.35. The van der Waals surface area contributed by atoms with Gasteiger partial charge < -0.3 is 5.32 Å². The van der Waals surface area contributed by atoms with Crippen LogP contribution < -0.4 is 5.32 Å². The highest BCUT2D eigenvalue weighted by molar-refractivity contribution is 6.04. The van der Waals surface area contributed by atoms with Gasteiger partial charge in [0.15, 0.2) is 0 Å². The van der Waals surface area contributed by atoms with Gasteiger partial charge in [-0.1, -0.05) is 6.07 Å². The summed E-state index contributed by atoms with van der Waals surface area (Å²) in [5.41, 5.74) is 0.904. The van der Waals surface area contributed by atoms with E-state index in [4.69, 9.17) is 0 Å². The maximum Gasteiger partial charge on any atom is 0.268 e. The van der Waals surface area contributed by atoms with Crippen molar-refractivity contribution >= 4 is 34.2 Å². The molecule has 7 heteroatoms. The van der Waals surface area contributed by atoms with E-state index in [1.54, 1.807) is 31.2 Å². The number of aromatic nitrogens is 1. The molecule has 0 radical (unpaired) electrons. The molecule has 0 saturated heterocycles. The molecule has 29 heavy (non-hydrogen) atoms. The van der Waals surface area contributed by atoms with Crippen molar-refractivity contribution in [3.05, 3.63) is 65.4 Å². The molecule has 1 aromatic heterocycles. The van der Waals surface area contributed by atoms with Gasteiger partial charge >= 0.3 is 0 Å². The fraction of sp³-hybridized carbons (Fsp3) is 0.227. The van der Waals surface area contributed by atoms with Crippen molar-refractivity contribution in [1.82, 2.24) is 4.57 Å². The highest BCUT2D eigenvalue weighted by Crippen LogP contribution is 2.27. The van der Waals surface area contributed by atoms with E-state index in [9.17, 15) is 23.2 Å². The van der Waals surface area contributed by atoms with Crippen LogP contribution in [0.4, 0.5) is 14.5 Å². The molecule has 1 atom stereocenters. The third-order valence-corrected chi connectivity index (χ3v) is 5.25. The van der Waals surface area contributed by atoms with E-state index in [0.717, 1.165) is 12.1 Å². The molecule has 3 aromatic rings. The number of hydrogen-bond acceptors (Lipinski definition) is 3. The number of anilines is 1. The molecule has 1 heterocycles. The van der Waals surface area contributed by atoms with E-state index in [2.05, 4.69) is 5.32 Å². The molecule has 5 nitrogen and oxygen atoms in total. The van der Waals surface area contributed by atoms with Gasteiger partial charge in [0.1, 0.15) is 23.0 Å². The molecule has 1 amide bonds. The van der Waals surface area contributed by atoms with Gasteiger partial charge in [-0.3, -0.25) is 19.0 Å². The maximum absolute atomic E-state index is 14.1. The quantitative estimate of drug-likeness (QED) is 0.721. The van der Waals surface area contributed by atoms with Crippen LogP contribution in [0.15, 0.2) is 42.5 Å². The number of fused-ring (bicyclic) bond motifs is 1. The Bertz CT molecular complexity index is 1150. The number of ketones is 1. The second kappa shape index (κ2) is 7.24. The number of halogens is 2. The average molecular weight is 396 g/mol. The Balaban J connectivity index is 1.66. The zero-order valence-electron chi connectivity index (χ0n) is 15.7. The Morgan fingerprint density at radius 2 is 1.83 bits per heavy atom. The monoisotopic (exact) mass is 396 g/mol. The lowest BCUT2D eigenvalue weighted by molar-refractivity contribution is -0.122. The lowest BCUT2D eigenvalue weighted by Crippen LogP contribution is -2.20. The summed E-state index contributed by atoms with van der Waals surface area (Å²) in [5, 5.41) is 3.45. The molecule has 4 rings (SSSR count). The molecule has 1 aliphatic rings. The van der Waals surface area contributed by atoms with E-state index in [1.807, 2.05) is 0 Å². The number of carbonyl (C=O) groups is 3. The number of benzene rings is 2. The van der Waals surface area contributed by atoms with Crippen LogP contribution in [0, 0.1) is 24.5 Å². The number of carbonyl (C=O) groups excluding carboxylic acids is 3. The molecule has 148 valence electrons. The van der Waals surface area contributed by atoms with Gasteiger partial charge in [0.2, 0.25) is 5.91 Å². The molecule has 1 saturated carbocycles. The molecule has 0 spiro atoms. The molecule has 1 unspecified atom stereocenters. The SMILES string of the molecule is Cc1cc2cc(NC(=O)C3CCC(=O)C3)ccc2n1C(=O)c1c(F)cccc1F. The Labute approximate surface area is 165 Å². The minimum atomic E-state index is -0.925. The van der Waals surface area contributed by atoms with E-state index in [-0.39, 0.29) is 24.0 Å². The number of hydrogen-bond donors (Lipinski definition) is 1. The Morgan fingerprint density at radius 3 is 2.48 bits per heavy atom. The summed E-state index contributed by atoms with van der Waals surface area (Å²) < 4.78 is 29.4. The molecule has 1 N–H and O–H groups in total. The van der Waals surface area contributed by atoms with E-state index in [1.165, 1.54) is 10.6 Å². The van der Waals surface area contributed by atoms with Crippen LogP contribution in [0.25, 0.3) is 10.9 Å². The minimum Gasteiger partial charge on any atom is -0.326 e. The largest absolute Gasteiger partial charge is 0.326 e. The summed E-state index contributed by atoms with van der Waals surface area (Å²) in [4.78, 5) is 36.5. The summed E-state index contributed by atoms with van der Waals surface area (Å²) in [6, 6.07) is 9.93. The molecular weight excluding hydrogens is 378 g/mol. The molecular formula is C22H18F2N2O3. The van der Waals surface area contributed by atoms with Gasteiger partial charge in [-0.15, -0.1) is 0 Å². The lowest BCUT2D eigenvalue weighted by atomic mass is 10.1. The smallest absolute Gasteiger partial charge is 0.268 e. The van der Waals surface area contributed by atoms with Gasteiger partial charge in [-0.25, -0.2) is 8.78 Å². The third-order valence-electron chi connectivity index (χ3n) is 5.25. The van der Waals surface area contributed by atoms with Crippen LogP contribution in [0.2, 0.25) is 0 Å². The number of aryl methyl sites for hydroxylation is 1. The normalized spacial score (nSPS) is 16.4. The Morgan fingerprint density at radius 1 is 1.10 bits per heavy atom. The second-order valence-electron chi connectivity index (χ2n) is 7.26. The van der Waals surface area contributed by atoms with Crippen LogP contribution in [-0.4, -0.2) is 22.2 Å². The first-order chi connectivity index (χ1) is 13.8. The van der Waals surface area contributed by atoms with Gasteiger partial charge in [0.05, 0.1) is 5.52 Å². The fourth-order valence-electron chi connectivity index (χ4n) is 3.80. The minimum absolute atomic E-state index is 0.0900. The van der Waals surface area contributed by atoms with Crippen LogP contribution >= 0.6 is 0 Å². The zero-order chi connectivity index (χ0) is 20.7. The number of rotatable bonds is 3. The van der Waals surface area contributed by atoms with Crippen LogP contribution in [-0.2, 0) is 9.59 Å². The van der Waals surface area contributed by atoms with Crippen molar-refractivity contribution in [1.29, 1.82) is 0 Å². The van der Waals surface area contributed by atoms with Gasteiger partial charge in [0.25, 0.3) is 5.91 Å². The van der Waals surface area contributed by atoms with Crippen molar-refractivity contribution in [2.45, 2.75) is 26.2 Å².